The summed E-state index contributed by atoms with van der Waals surface area (Å²) in [4.78, 5) is 29.5. The molecule has 0 bridgehead atoms. The summed E-state index contributed by atoms with van der Waals surface area (Å²) < 4.78 is 0. The number of aromatic nitrogens is 2. The summed E-state index contributed by atoms with van der Waals surface area (Å²) in [6, 6.07) is -0.306. The molecule has 0 aromatic carbocycles. The molecule has 0 radical (unpaired) electrons. The Bertz CT molecular complexity index is 409. The van der Waals surface area contributed by atoms with Gasteiger partial charge in [-0.05, 0) is 19.8 Å². The molecule has 1 unspecified atom stereocenters. The molecule has 1 aliphatic carbocycles. The van der Waals surface area contributed by atoms with Crippen LogP contribution in [0.4, 0.5) is 0 Å². The minimum absolute atomic E-state index is 0.306. The number of carbonyl (C=O) groups excluding carboxylic acids is 1. The van der Waals surface area contributed by atoms with Crippen LogP contribution >= 0.6 is 0 Å². The van der Waals surface area contributed by atoms with Gasteiger partial charge < -0.3 is 15.4 Å². The Balaban J connectivity index is 2.01. The van der Waals surface area contributed by atoms with Crippen LogP contribution in [-0.2, 0) is 9.59 Å². The highest BCUT2D eigenvalue weighted by Crippen LogP contribution is 2.46. The van der Waals surface area contributed by atoms with Crippen molar-refractivity contribution in [3.05, 3.63) is 18.2 Å². The number of carboxylic acid groups (broad SMARTS) is 1. The number of carbonyl (C=O) groups is 2. The molecular formula is C10H13N3O3. The lowest BCUT2D eigenvalue weighted by Gasteiger charge is -2.15. The van der Waals surface area contributed by atoms with Crippen LogP contribution in [0.3, 0.4) is 0 Å². The van der Waals surface area contributed by atoms with E-state index >= 15 is 0 Å². The van der Waals surface area contributed by atoms with Gasteiger partial charge in [-0.3, -0.25) is 9.59 Å². The van der Waals surface area contributed by atoms with E-state index in [1.54, 1.807) is 19.3 Å². The van der Waals surface area contributed by atoms with E-state index in [1.807, 2.05) is 0 Å². The molecule has 1 aromatic heterocycles. The first-order valence-corrected chi connectivity index (χ1v) is 5.10. The second kappa shape index (κ2) is 3.62. The molecule has 1 fully saturated rings. The van der Waals surface area contributed by atoms with Crippen molar-refractivity contribution >= 4 is 11.9 Å². The number of rotatable bonds is 4. The predicted molar refractivity (Wildman–Crippen MR) is 54.4 cm³/mol. The first-order valence-electron chi connectivity index (χ1n) is 5.10. The summed E-state index contributed by atoms with van der Waals surface area (Å²) in [6.45, 7) is 1.76. The molecule has 1 atom stereocenters. The lowest BCUT2D eigenvalue weighted by molar-refractivity contribution is -0.149. The number of nitrogens with zero attached hydrogens (tertiary/aromatic N) is 1. The van der Waals surface area contributed by atoms with Crippen molar-refractivity contribution in [1.82, 2.24) is 15.3 Å². The Kier molecular flexibility index (Phi) is 2.41. The Morgan fingerprint density at radius 3 is 2.75 bits per heavy atom. The first kappa shape index (κ1) is 10.7. The Morgan fingerprint density at radius 1 is 1.62 bits per heavy atom. The van der Waals surface area contributed by atoms with Crippen LogP contribution in [0.2, 0.25) is 0 Å². The third-order valence-electron chi connectivity index (χ3n) is 2.87. The van der Waals surface area contributed by atoms with Crippen molar-refractivity contribution in [3.63, 3.8) is 0 Å². The van der Waals surface area contributed by atoms with Crippen molar-refractivity contribution in [2.45, 2.75) is 25.8 Å². The average molecular weight is 223 g/mol. The van der Waals surface area contributed by atoms with Crippen LogP contribution in [0.1, 0.15) is 31.6 Å². The van der Waals surface area contributed by atoms with Gasteiger partial charge in [0.05, 0.1) is 6.04 Å². The second-order valence-electron chi connectivity index (χ2n) is 4.06. The topological polar surface area (TPSA) is 95.1 Å². The van der Waals surface area contributed by atoms with Gasteiger partial charge in [-0.15, -0.1) is 0 Å². The maximum Gasteiger partial charge on any atom is 0.319 e. The van der Waals surface area contributed by atoms with Crippen LogP contribution in [0, 0.1) is 5.41 Å². The Hall–Kier alpha value is -1.85. The molecule has 1 aliphatic rings. The summed E-state index contributed by atoms with van der Waals surface area (Å²) in [5.41, 5.74) is -1.19. The van der Waals surface area contributed by atoms with Crippen molar-refractivity contribution in [3.8, 4) is 0 Å². The van der Waals surface area contributed by atoms with E-state index in [0.717, 1.165) is 0 Å². The third-order valence-corrected chi connectivity index (χ3v) is 2.87. The van der Waals surface area contributed by atoms with E-state index < -0.39 is 17.3 Å². The highest BCUT2D eigenvalue weighted by atomic mass is 16.4. The van der Waals surface area contributed by atoms with Gasteiger partial charge in [0, 0.05) is 12.4 Å². The Morgan fingerprint density at radius 2 is 2.31 bits per heavy atom. The summed E-state index contributed by atoms with van der Waals surface area (Å²) in [7, 11) is 0. The predicted octanol–water partition coefficient (Wildman–Crippen LogP) is 0.452. The van der Waals surface area contributed by atoms with Gasteiger partial charge in [0.2, 0.25) is 5.91 Å². The van der Waals surface area contributed by atoms with Gasteiger partial charge >= 0.3 is 5.97 Å². The van der Waals surface area contributed by atoms with E-state index in [9.17, 15) is 9.59 Å². The van der Waals surface area contributed by atoms with E-state index in [-0.39, 0.29) is 6.04 Å². The molecule has 1 heterocycles. The molecule has 0 aliphatic heterocycles. The quantitative estimate of drug-likeness (QED) is 0.646. The number of H-pyrrole nitrogens is 1. The fourth-order valence-corrected chi connectivity index (χ4v) is 1.58. The number of hydrogen-bond donors (Lipinski definition) is 3. The first-order chi connectivity index (χ1) is 7.56. The van der Waals surface area contributed by atoms with Crippen molar-refractivity contribution in [2.24, 2.45) is 5.41 Å². The maximum atomic E-state index is 11.7. The summed E-state index contributed by atoms with van der Waals surface area (Å²) in [5, 5.41) is 11.6. The van der Waals surface area contributed by atoms with Crippen LogP contribution in [0.15, 0.2) is 12.4 Å². The molecule has 3 N–H and O–H groups in total. The van der Waals surface area contributed by atoms with Crippen LogP contribution < -0.4 is 5.32 Å². The van der Waals surface area contributed by atoms with E-state index in [1.165, 1.54) is 0 Å². The van der Waals surface area contributed by atoms with Crippen molar-refractivity contribution in [1.29, 1.82) is 0 Å². The SMILES string of the molecule is CC(NC(=O)C1(C(=O)O)CC1)c1ncc[nH]1. The molecule has 6 nitrogen and oxygen atoms in total. The summed E-state index contributed by atoms with van der Waals surface area (Å²) in [5.74, 6) is -0.852. The molecule has 0 saturated heterocycles. The maximum absolute atomic E-state index is 11.7. The fraction of sp³-hybridized carbons (Fsp3) is 0.500. The van der Waals surface area contributed by atoms with E-state index in [2.05, 4.69) is 15.3 Å². The smallest absolute Gasteiger partial charge is 0.319 e. The lowest BCUT2D eigenvalue weighted by atomic mass is 10.1. The van der Waals surface area contributed by atoms with Gasteiger partial charge in [-0.2, -0.15) is 0 Å². The number of aliphatic carboxylic acids is 1. The van der Waals surface area contributed by atoms with Crippen molar-refractivity contribution in [2.75, 3.05) is 0 Å². The monoisotopic (exact) mass is 223 g/mol. The third kappa shape index (κ3) is 1.66. The highest BCUT2D eigenvalue weighted by Gasteiger charge is 2.57. The fourth-order valence-electron chi connectivity index (χ4n) is 1.58. The minimum atomic E-state index is -1.19. The van der Waals surface area contributed by atoms with E-state index in [0.29, 0.717) is 18.7 Å². The zero-order valence-corrected chi connectivity index (χ0v) is 8.86. The molecule has 1 amide bonds. The van der Waals surface area contributed by atoms with Gasteiger partial charge in [-0.1, -0.05) is 0 Å². The number of hydrogen-bond acceptors (Lipinski definition) is 3. The van der Waals surface area contributed by atoms with Crippen LogP contribution in [-0.4, -0.2) is 27.0 Å². The molecule has 0 spiro atoms. The van der Waals surface area contributed by atoms with Crippen LogP contribution in [0.5, 0.6) is 0 Å². The average Bonchev–Trinajstić information content (AvgIpc) is 2.87. The molecule has 1 aromatic rings. The van der Waals surface area contributed by atoms with Gasteiger partial charge in [0.25, 0.3) is 0 Å². The van der Waals surface area contributed by atoms with Gasteiger partial charge in [0.1, 0.15) is 11.2 Å². The molecule has 6 heteroatoms. The molecular weight excluding hydrogens is 210 g/mol. The zero-order chi connectivity index (χ0) is 11.8. The second-order valence-corrected chi connectivity index (χ2v) is 4.06. The largest absolute Gasteiger partial charge is 0.480 e. The molecule has 1 saturated carbocycles. The molecule has 2 rings (SSSR count). The number of imidazole rings is 1. The number of nitrogens with one attached hydrogen (secondary N) is 2. The van der Waals surface area contributed by atoms with E-state index in [4.69, 9.17) is 5.11 Å². The standard InChI is InChI=1S/C10H13N3O3/c1-6(7-11-4-5-12-7)13-8(14)10(2-3-10)9(15)16/h4-6H,2-3H2,1H3,(H,11,12)(H,13,14)(H,15,16). The van der Waals surface area contributed by atoms with Crippen LogP contribution in [0.25, 0.3) is 0 Å². The summed E-state index contributed by atoms with van der Waals surface area (Å²) >= 11 is 0. The zero-order valence-electron chi connectivity index (χ0n) is 8.86. The van der Waals surface area contributed by atoms with Gasteiger partial charge in [-0.25, -0.2) is 4.98 Å². The summed E-state index contributed by atoms with van der Waals surface area (Å²) in [6.07, 6.45) is 4.07. The normalized spacial score (nSPS) is 18.8. The number of carboxylic acids is 1. The number of amides is 1. The minimum Gasteiger partial charge on any atom is -0.480 e. The lowest BCUT2D eigenvalue weighted by Crippen LogP contribution is -2.38. The molecule has 16 heavy (non-hydrogen) atoms. The van der Waals surface area contributed by atoms with Crippen molar-refractivity contribution < 1.29 is 14.7 Å². The Labute approximate surface area is 92.1 Å². The highest BCUT2D eigenvalue weighted by molar-refractivity contribution is 6.04. The van der Waals surface area contributed by atoms with Gasteiger partial charge in [0.15, 0.2) is 0 Å². The molecule has 86 valence electrons. The number of aromatic amines is 1.